The topological polar surface area (TPSA) is 78.4 Å². The van der Waals surface area contributed by atoms with Gasteiger partial charge in [-0.1, -0.05) is 78.9 Å². The Hall–Kier alpha value is -3.86. The molecule has 1 unspecified atom stereocenters. The van der Waals surface area contributed by atoms with E-state index in [9.17, 15) is 9.59 Å². The van der Waals surface area contributed by atoms with E-state index < -0.39 is 18.0 Å². The first-order valence-electron chi connectivity index (χ1n) is 9.28. The number of aliphatic carboxylic acids is 1. The minimum Gasteiger partial charge on any atom is -0.478 e. The van der Waals surface area contributed by atoms with Crippen molar-refractivity contribution in [1.82, 2.24) is 5.32 Å². The lowest BCUT2D eigenvalue weighted by molar-refractivity contribution is -0.131. The maximum atomic E-state index is 12.4. The number of urea groups is 1. The van der Waals surface area contributed by atoms with Gasteiger partial charge in [0, 0.05) is 11.8 Å². The first-order chi connectivity index (χ1) is 14.1. The predicted octanol–water partition coefficient (Wildman–Crippen LogP) is 4.73. The summed E-state index contributed by atoms with van der Waals surface area (Å²) in [5.41, 5.74) is 3.82. The van der Waals surface area contributed by atoms with Crippen molar-refractivity contribution in [2.45, 2.75) is 12.5 Å². The summed E-state index contributed by atoms with van der Waals surface area (Å²) in [6, 6.07) is 26.3. The van der Waals surface area contributed by atoms with Crippen molar-refractivity contribution in [3.63, 3.8) is 0 Å². The summed E-state index contributed by atoms with van der Waals surface area (Å²) in [7, 11) is 0. The summed E-state index contributed by atoms with van der Waals surface area (Å²) in [5.74, 6) is -1.05. The van der Waals surface area contributed by atoms with E-state index in [1.54, 1.807) is 0 Å². The summed E-state index contributed by atoms with van der Waals surface area (Å²) < 4.78 is 0. The lowest BCUT2D eigenvalue weighted by atomic mass is 10.1. The molecule has 0 saturated heterocycles. The highest BCUT2D eigenvalue weighted by molar-refractivity contribution is 5.90. The highest BCUT2D eigenvalue weighted by Gasteiger charge is 2.11. The van der Waals surface area contributed by atoms with Gasteiger partial charge < -0.3 is 15.7 Å². The van der Waals surface area contributed by atoms with Gasteiger partial charge in [-0.15, -0.1) is 0 Å². The highest BCUT2D eigenvalue weighted by atomic mass is 16.4. The normalized spacial score (nSPS) is 11.7. The molecule has 0 bridgehead atoms. The molecule has 3 rings (SSSR count). The van der Waals surface area contributed by atoms with E-state index in [1.807, 2.05) is 84.9 Å². The molecular formula is C24H22N2O3. The van der Waals surface area contributed by atoms with Crippen molar-refractivity contribution in [3.05, 3.63) is 103 Å². The first kappa shape index (κ1) is 19.9. The molecule has 0 saturated carbocycles. The third-order valence-electron chi connectivity index (χ3n) is 4.34. The molecule has 0 aromatic heterocycles. The molecule has 0 aliphatic rings. The Balaban J connectivity index is 1.63. The summed E-state index contributed by atoms with van der Waals surface area (Å²) in [6.45, 7) is 0. The second-order valence-electron chi connectivity index (χ2n) is 6.54. The van der Waals surface area contributed by atoms with E-state index in [0.717, 1.165) is 22.8 Å². The zero-order chi connectivity index (χ0) is 20.5. The van der Waals surface area contributed by atoms with Gasteiger partial charge in [-0.2, -0.15) is 0 Å². The molecule has 5 heteroatoms. The Bertz CT molecular complexity index is 968. The van der Waals surface area contributed by atoms with Crippen LogP contribution in [0.5, 0.6) is 0 Å². The fourth-order valence-corrected chi connectivity index (χ4v) is 2.95. The average molecular weight is 386 g/mol. The molecule has 3 N–H and O–H groups in total. The second-order valence-corrected chi connectivity index (χ2v) is 6.54. The van der Waals surface area contributed by atoms with Crippen LogP contribution in [0.3, 0.4) is 0 Å². The third kappa shape index (κ3) is 6.36. The highest BCUT2D eigenvalue weighted by Crippen LogP contribution is 2.21. The molecule has 3 aromatic rings. The van der Waals surface area contributed by atoms with Crippen LogP contribution in [0, 0.1) is 0 Å². The average Bonchev–Trinajstić information content (AvgIpc) is 2.74. The number of carboxylic acids is 1. The number of amides is 2. The Morgan fingerprint density at radius 1 is 0.828 bits per heavy atom. The van der Waals surface area contributed by atoms with Crippen molar-refractivity contribution >= 4 is 17.7 Å². The monoisotopic (exact) mass is 386 g/mol. The summed E-state index contributed by atoms with van der Waals surface area (Å²) >= 11 is 0. The smallest absolute Gasteiger partial charge is 0.328 e. The third-order valence-corrected chi connectivity index (χ3v) is 4.34. The number of carbonyl (C=O) groups is 2. The van der Waals surface area contributed by atoms with Gasteiger partial charge in [-0.05, 0) is 35.2 Å². The van der Waals surface area contributed by atoms with Crippen LogP contribution in [-0.4, -0.2) is 23.1 Å². The fourth-order valence-electron chi connectivity index (χ4n) is 2.95. The Kier molecular flexibility index (Phi) is 6.79. The lowest BCUT2D eigenvalue weighted by Crippen LogP contribution is -2.38. The molecular weight excluding hydrogens is 364 g/mol. The van der Waals surface area contributed by atoms with Gasteiger partial charge in [-0.3, -0.25) is 0 Å². The molecule has 0 spiro atoms. The Morgan fingerprint density at radius 2 is 1.41 bits per heavy atom. The SMILES string of the molecule is O=C(O)/C=C/C(Cc1ccccc1)NC(=O)Nc1ccc(-c2ccccc2)cc1. The number of carbonyl (C=O) groups excluding carboxylic acids is 1. The molecule has 3 aromatic carbocycles. The van der Waals surface area contributed by atoms with Crippen LogP contribution in [0.4, 0.5) is 10.5 Å². The summed E-state index contributed by atoms with van der Waals surface area (Å²) in [4.78, 5) is 23.3. The molecule has 146 valence electrons. The van der Waals surface area contributed by atoms with E-state index in [4.69, 9.17) is 5.11 Å². The molecule has 0 fully saturated rings. The largest absolute Gasteiger partial charge is 0.478 e. The zero-order valence-electron chi connectivity index (χ0n) is 15.8. The second kappa shape index (κ2) is 9.90. The summed E-state index contributed by atoms with van der Waals surface area (Å²) in [6.07, 6.45) is 3.01. The number of anilines is 1. The number of nitrogens with one attached hydrogen (secondary N) is 2. The molecule has 5 nitrogen and oxygen atoms in total. The minimum atomic E-state index is -1.05. The Morgan fingerprint density at radius 3 is 2.03 bits per heavy atom. The van der Waals surface area contributed by atoms with Crippen molar-refractivity contribution in [2.24, 2.45) is 0 Å². The molecule has 0 aliphatic carbocycles. The molecule has 0 aliphatic heterocycles. The quantitative estimate of drug-likeness (QED) is 0.514. The maximum absolute atomic E-state index is 12.4. The van der Waals surface area contributed by atoms with Gasteiger partial charge >= 0.3 is 12.0 Å². The predicted molar refractivity (Wildman–Crippen MR) is 115 cm³/mol. The van der Waals surface area contributed by atoms with Crippen molar-refractivity contribution in [2.75, 3.05) is 5.32 Å². The van der Waals surface area contributed by atoms with Crippen LogP contribution in [0.25, 0.3) is 11.1 Å². The first-order valence-corrected chi connectivity index (χ1v) is 9.28. The van der Waals surface area contributed by atoms with Crippen LogP contribution in [0.1, 0.15) is 5.56 Å². The standard InChI is InChI=1S/C24H22N2O3/c27-23(28)16-15-22(17-18-7-3-1-4-8-18)26-24(29)25-21-13-11-20(12-14-21)19-9-5-2-6-10-19/h1-16,22H,17H2,(H,27,28)(H2,25,26,29)/b16-15+. The number of hydrogen-bond acceptors (Lipinski definition) is 2. The van der Waals surface area contributed by atoms with Gasteiger partial charge in [0.25, 0.3) is 0 Å². The number of benzene rings is 3. The van der Waals surface area contributed by atoms with Crippen LogP contribution >= 0.6 is 0 Å². The van der Waals surface area contributed by atoms with E-state index in [2.05, 4.69) is 10.6 Å². The van der Waals surface area contributed by atoms with Crippen molar-refractivity contribution in [1.29, 1.82) is 0 Å². The van der Waals surface area contributed by atoms with E-state index in [0.29, 0.717) is 12.1 Å². The van der Waals surface area contributed by atoms with Gasteiger partial charge in [0.1, 0.15) is 0 Å². The van der Waals surface area contributed by atoms with Crippen LogP contribution in [0.15, 0.2) is 97.1 Å². The summed E-state index contributed by atoms with van der Waals surface area (Å²) in [5, 5.41) is 14.5. The maximum Gasteiger partial charge on any atom is 0.328 e. The molecule has 29 heavy (non-hydrogen) atoms. The molecule has 2 amide bonds. The number of carboxylic acid groups (broad SMARTS) is 1. The van der Waals surface area contributed by atoms with Gasteiger partial charge in [-0.25, -0.2) is 9.59 Å². The number of rotatable bonds is 7. The van der Waals surface area contributed by atoms with Crippen molar-refractivity contribution in [3.8, 4) is 11.1 Å². The van der Waals surface area contributed by atoms with Crippen LogP contribution in [-0.2, 0) is 11.2 Å². The number of hydrogen-bond donors (Lipinski definition) is 3. The van der Waals surface area contributed by atoms with Gasteiger partial charge in [0.15, 0.2) is 0 Å². The van der Waals surface area contributed by atoms with E-state index in [-0.39, 0.29) is 0 Å². The lowest BCUT2D eigenvalue weighted by Gasteiger charge is -2.16. The molecule has 0 heterocycles. The van der Waals surface area contributed by atoms with Gasteiger partial charge in [0.2, 0.25) is 0 Å². The Labute approximate surface area is 169 Å². The zero-order valence-corrected chi connectivity index (χ0v) is 15.8. The van der Waals surface area contributed by atoms with Crippen LogP contribution in [0.2, 0.25) is 0 Å². The van der Waals surface area contributed by atoms with Gasteiger partial charge in [0.05, 0.1) is 6.04 Å². The van der Waals surface area contributed by atoms with Crippen LogP contribution < -0.4 is 10.6 Å². The van der Waals surface area contributed by atoms with E-state index in [1.165, 1.54) is 6.08 Å². The minimum absolute atomic E-state index is 0.395. The molecule has 0 radical (unpaired) electrons. The van der Waals surface area contributed by atoms with E-state index >= 15 is 0 Å². The van der Waals surface area contributed by atoms with Crippen molar-refractivity contribution < 1.29 is 14.7 Å². The molecule has 1 atom stereocenters. The fraction of sp³-hybridized carbons (Fsp3) is 0.0833.